The predicted octanol–water partition coefficient (Wildman–Crippen LogP) is 3.27. The third-order valence-electron chi connectivity index (χ3n) is 2.53. The Morgan fingerprint density at radius 3 is 2.62 bits per heavy atom. The second kappa shape index (κ2) is 6.45. The van der Waals surface area contributed by atoms with Crippen molar-refractivity contribution in [2.24, 2.45) is 5.92 Å². The molecule has 4 heteroatoms. The highest BCUT2D eigenvalue weighted by Crippen LogP contribution is 2.29. The monoisotopic (exact) mass is 261 g/mol. The van der Waals surface area contributed by atoms with E-state index in [9.17, 15) is 0 Å². The highest BCUT2D eigenvalue weighted by molar-refractivity contribution is 6.42. The summed E-state index contributed by atoms with van der Waals surface area (Å²) >= 11 is 12.1. The molecule has 1 aromatic rings. The molecular formula is C12H17Cl2NO. The highest BCUT2D eigenvalue weighted by atomic mass is 35.5. The molecule has 0 bridgehead atoms. The van der Waals surface area contributed by atoms with E-state index < -0.39 is 0 Å². The quantitative estimate of drug-likeness (QED) is 0.853. The van der Waals surface area contributed by atoms with E-state index in [4.69, 9.17) is 28.3 Å². The van der Waals surface area contributed by atoms with Gasteiger partial charge in [-0.15, -0.1) is 0 Å². The average Bonchev–Trinajstić information content (AvgIpc) is 2.29. The van der Waals surface area contributed by atoms with Crippen molar-refractivity contribution in [2.75, 3.05) is 13.2 Å². The van der Waals surface area contributed by atoms with Gasteiger partial charge in [0.15, 0.2) is 0 Å². The number of aliphatic hydroxyl groups is 1. The number of benzene rings is 1. The third-order valence-corrected chi connectivity index (χ3v) is 3.37. The van der Waals surface area contributed by atoms with Crippen LogP contribution >= 0.6 is 23.2 Å². The molecule has 0 spiro atoms. The number of rotatable bonds is 5. The molecule has 0 aliphatic carbocycles. The van der Waals surface area contributed by atoms with E-state index in [1.165, 1.54) is 0 Å². The van der Waals surface area contributed by atoms with Gasteiger partial charge < -0.3 is 10.4 Å². The van der Waals surface area contributed by atoms with Crippen molar-refractivity contribution >= 4 is 23.2 Å². The Hall–Kier alpha value is -0.280. The molecule has 2 N–H and O–H groups in total. The van der Waals surface area contributed by atoms with Crippen LogP contribution in [0.1, 0.15) is 25.5 Å². The van der Waals surface area contributed by atoms with Crippen LogP contribution in [0.25, 0.3) is 0 Å². The van der Waals surface area contributed by atoms with Crippen molar-refractivity contribution in [1.82, 2.24) is 5.32 Å². The molecule has 0 amide bonds. The van der Waals surface area contributed by atoms with Crippen LogP contribution in [-0.2, 0) is 0 Å². The number of aliphatic hydroxyl groups excluding tert-OH is 1. The van der Waals surface area contributed by atoms with Crippen molar-refractivity contribution in [1.29, 1.82) is 0 Å². The molecule has 1 aromatic carbocycles. The predicted molar refractivity (Wildman–Crippen MR) is 69.1 cm³/mol. The molecule has 0 saturated heterocycles. The van der Waals surface area contributed by atoms with Gasteiger partial charge in [0.1, 0.15) is 0 Å². The standard InChI is InChI=1S/C12H17Cl2NO/c1-8(7-16)6-15-9(2)10-4-3-5-11(13)12(10)14/h3-5,8-9,15-16H,6-7H2,1-2H3. The number of hydrogen-bond acceptors (Lipinski definition) is 2. The lowest BCUT2D eigenvalue weighted by Gasteiger charge is -2.18. The van der Waals surface area contributed by atoms with Crippen molar-refractivity contribution in [3.8, 4) is 0 Å². The first-order valence-electron chi connectivity index (χ1n) is 5.34. The summed E-state index contributed by atoms with van der Waals surface area (Å²) in [6.07, 6.45) is 0. The maximum Gasteiger partial charge on any atom is 0.0639 e. The zero-order valence-electron chi connectivity index (χ0n) is 9.50. The Morgan fingerprint density at radius 1 is 1.31 bits per heavy atom. The Labute approximate surface area is 107 Å². The molecule has 0 aliphatic heterocycles. The van der Waals surface area contributed by atoms with Gasteiger partial charge in [-0.3, -0.25) is 0 Å². The van der Waals surface area contributed by atoms with Gasteiger partial charge in [0, 0.05) is 19.2 Å². The van der Waals surface area contributed by atoms with E-state index in [2.05, 4.69) is 5.32 Å². The van der Waals surface area contributed by atoms with Crippen LogP contribution in [0.3, 0.4) is 0 Å². The van der Waals surface area contributed by atoms with Crippen molar-refractivity contribution in [3.63, 3.8) is 0 Å². The summed E-state index contributed by atoms with van der Waals surface area (Å²) in [6.45, 7) is 4.95. The molecule has 0 saturated carbocycles. The summed E-state index contributed by atoms with van der Waals surface area (Å²) in [5.41, 5.74) is 0.985. The lowest BCUT2D eigenvalue weighted by Crippen LogP contribution is -2.26. The van der Waals surface area contributed by atoms with Crippen molar-refractivity contribution in [3.05, 3.63) is 33.8 Å². The third kappa shape index (κ3) is 3.63. The summed E-state index contributed by atoms with van der Waals surface area (Å²) in [7, 11) is 0. The molecule has 0 fully saturated rings. The first-order chi connectivity index (χ1) is 7.56. The van der Waals surface area contributed by atoms with Gasteiger partial charge in [-0.2, -0.15) is 0 Å². The zero-order valence-corrected chi connectivity index (χ0v) is 11.0. The van der Waals surface area contributed by atoms with Gasteiger partial charge in [-0.25, -0.2) is 0 Å². The smallest absolute Gasteiger partial charge is 0.0639 e. The zero-order chi connectivity index (χ0) is 12.1. The largest absolute Gasteiger partial charge is 0.396 e. The molecule has 90 valence electrons. The SMILES string of the molecule is CC(CO)CNC(C)c1cccc(Cl)c1Cl. The summed E-state index contributed by atoms with van der Waals surface area (Å²) in [4.78, 5) is 0. The van der Waals surface area contributed by atoms with E-state index in [1.54, 1.807) is 6.07 Å². The minimum absolute atomic E-state index is 0.125. The number of hydrogen-bond donors (Lipinski definition) is 2. The maximum atomic E-state index is 8.93. The molecule has 0 aromatic heterocycles. The van der Waals surface area contributed by atoms with Crippen LogP contribution in [0.15, 0.2) is 18.2 Å². The minimum Gasteiger partial charge on any atom is -0.396 e. The lowest BCUT2D eigenvalue weighted by molar-refractivity contribution is 0.231. The van der Waals surface area contributed by atoms with E-state index in [0.29, 0.717) is 10.0 Å². The molecule has 16 heavy (non-hydrogen) atoms. The lowest BCUT2D eigenvalue weighted by atomic mass is 10.1. The fourth-order valence-corrected chi connectivity index (χ4v) is 1.88. The normalized spacial score (nSPS) is 14.8. The second-order valence-corrected chi connectivity index (χ2v) is 4.85. The molecule has 0 radical (unpaired) electrons. The first kappa shape index (κ1) is 13.8. The minimum atomic E-state index is 0.125. The first-order valence-corrected chi connectivity index (χ1v) is 6.10. The van der Waals surface area contributed by atoms with E-state index in [0.717, 1.165) is 12.1 Å². The molecule has 2 unspecified atom stereocenters. The number of halogens is 2. The van der Waals surface area contributed by atoms with Crippen molar-refractivity contribution < 1.29 is 5.11 Å². The van der Waals surface area contributed by atoms with Gasteiger partial charge in [0.2, 0.25) is 0 Å². The van der Waals surface area contributed by atoms with Crippen LogP contribution in [0.4, 0.5) is 0 Å². The molecular weight excluding hydrogens is 245 g/mol. The number of nitrogens with one attached hydrogen (secondary N) is 1. The van der Waals surface area contributed by atoms with Crippen LogP contribution in [0.2, 0.25) is 10.0 Å². The van der Waals surface area contributed by atoms with Crippen LogP contribution in [-0.4, -0.2) is 18.3 Å². The van der Waals surface area contributed by atoms with Gasteiger partial charge in [0.25, 0.3) is 0 Å². The topological polar surface area (TPSA) is 32.3 Å². The summed E-state index contributed by atoms with van der Waals surface area (Å²) in [5, 5.41) is 13.4. The fraction of sp³-hybridized carbons (Fsp3) is 0.500. The van der Waals surface area contributed by atoms with Gasteiger partial charge >= 0.3 is 0 Å². The molecule has 2 atom stereocenters. The molecule has 2 nitrogen and oxygen atoms in total. The van der Waals surface area contributed by atoms with Crippen LogP contribution < -0.4 is 5.32 Å². The Balaban J connectivity index is 2.66. The Kier molecular flexibility index (Phi) is 5.56. The van der Waals surface area contributed by atoms with Crippen molar-refractivity contribution in [2.45, 2.75) is 19.9 Å². The van der Waals surface area contributed by atoms with Crippen LogP contribution in [0.5, 0.6) is 0 Å². The summed E-state index contributed by atoms with van der Waals surface area (Å²) in [5.74, 6) is 0.236. The summed E-state index contributed by atoms with van der Waals surface area (Å²) < 4.78 is 0. The van der Waals surface area contributed by atoms with E-state index in [-0.39, 0.29) is 18.6 Å². The van der Waals surface area contributed by atoms with Crippen LogP contribution in [0, 0.1) is 5.92 Å². The van der Waals surface area contributed by atoms with Gasteiger partial charge in [-0.1, -0.05) is 42.3 Å². The highest BCUT2D eigenvalue weighted by Gasteiger charge is 2.12. The fourth-order valence-electron chi connectivity index (χ4n) is 1.41. The average molecular weight is 262 g/mol. The van der Waals surface area contributed by atoms with Gasteiger partial charge in [0.05, 0.1) is 10.0 Å². The second-order valence-electron chi connectivity index (χ2n) is 4.06. The Morgan fingerprint density at radius 2 is 2.00 bits per heavy atom. The van der Waals surface area contributed by atoms with E-state index >= 15 is 0 Å². The molecule has 0 heterocycles. The summed E-state index contributed by atoms with van der Waals surface area (Å²) in [6, 6.07) is 5.74. The van der Waals surface area contributed by atoms with E-state index in [1.807, 2.05) is 26.0 Å². The molecule has 0 aliphatic rings. The maximum absolute atomic E-state index is 8.93. The Bertz CT molecular complexity index is 344. The molecule has 1 rings (SSSR count). The van der Waals surface area contributed by atoms with Gasteiger partial charge in [-0.05, 0) is 24.5 Å².